The molecule has 1 aliphatic heterocycles. The highest BCUT2D eigenvalue weighted by Crippen LogP contribution is 2.34. The molecule has 1 aliphatic rings. The van der Waals surface area contributed by atoms with Gasteiger partial charge >= 0.3 is 0 Å². The standard InChI is InChI=1S/C17H28N2/c1-17(2,3)16-8-10-19(11-9-16)13-15-6-4-14(12-18)5-7-15/h4-7,16H,8-13,18H2,1-3H3. The number of nitrogens with two attached hydrogens (primary N) is 1. The summed E-state index contributed by atoms with van der Waals surface area (Å²) in [6.45, 7) is 11.3. The van der Waals surface area contributed by atoms with Crippen molar-refractivity contribution in [1.82, 2.24) is 4.90 Å². The molecular weight excluding hydrogens is 232 g/mol. The predicted molar refractivity (Wildman–Crippen MR) is 81.8 cm³/mol. The van der Waals surface area contributed by atoms with Crippen LogP contribution in [0.15, 0.2) is 24.3 Å². The van der Waals surface area contributed by atoms with Gasteiger partial charge in [-0.2, -0.15) is 0 Å². The maximum atomic E-state index is 5.63. The quantitative estimate of drug-likeness (QED) is 0.902. The molecule has 1 fully saturated rings. The molecule has 0 amide bonds. The summed E-state index contributed by atoms with van der Waals surface area (Å²) in [6, 6.07) is 8.74. The largest absolute Gasteiger partial charge is 0.326 e. The number of nitrogens with zero attached hydrogens (tertiary/aromatic N) is 1. The van der Waals surface area contributed by atoms with Crippen LogP contribution < -0.4 is 5.73 Å². The maximum Gasteiger partial charge on any atom is 0.0233 e. The Morgan fingerprint density at radius 1 is 1.05 bits per heavy atom. The Morgan fingerprint density at radius 2 is 1.58 bits per heavy atom. The van der Waals surface area contributed by atoms with Crippen LogP contribution in [0.2, 0.25) is 0 Å². The minimum Gasteiger partial charge on any atom is -0.326 e. The fourth-order valence-corrected chi connectivity index (χ4v) is 3.00. The number of piperidine rings is 1. The summed E-state index contributed by atoms with van der Waals surface area (Å²) >= 11 is 0. The van der Waals surface area contributed by atoms with E-state index < -0.39 is 0 Å². The summed E-state index contributed by atoms with van der Waals surface area (Å²) in [7, 11) is 0. The van der Waals surface area contributed by atoms with Crippen molar-refractivity contribution in [1.29, 1.82) is 0 Å². The lowest BCUT2D eigenvalue weighted by atomic mass is 9.75. The average Bonchev–Trinajstić information content (AvgIpc) is 2.39. The van der Waals surface area contributed by atoms with E-state index in [2.05, 4.69) is 49.9 Å². The molecule has 1 aromatic rings. The van der Waals surface area contributed by atoms with Gasteiger partial charge in [0.2, 0.25) is 0 Å². The molecule has 0 atom stereocenters. The van der Waals surface area contributed by atoms with Crippen LogP contribution in [0.1, 0.15) is 44.7 Å². The lowest BCUT2D eigenvalue weighted by Crippen LogP contribution is -2.37. The number of hydrogen-bond acceptors (Lipinski definition) is 2. The second-order valence-corrected chi connectivity index (χ2v) is 6.94. The highest BCUT2D eigenvalue weighted by atomic mass is 15.1. The zero-order chi connectivity index (χ0) is 13.9. The van der Waals surface area contributed by atoms with Gasteiger partial charge in [0.15, 0.2) is 0 Å². The molecule has 0 spiro atoms. The Balaban J connectivity index is 1.85. The zero-order valence-electron chi connectivity index (χ0n) is 12.7. The summed E-state index contributed by atoms with van der Waals surface area (Å²) < 4.78 is 0. The van der Waals surface area contributed by atoms with Crippen LogP contribution in [0, 0.1) is 11.3 Å². The highest BCUT2D eigenvalue weighted by molar-refractivity contribution is 5.22. The van der Waals surface area contributed by atoms with Crippen molar-refractivity contribution in [3.05, 3.63) is 35.4 Å². The fraction of sp³-hybridized carbons (Fsp3) is 0.647. The molecule has 106 valence electrons. The van der Waals surface area contributed by atoms with Crippen molar-refractivity contribution in [3.63, 3.8) is 0 Å². The van der Waals surface area contributed by atoms with E-state index >= 15 is 0 Å². The molecule has 0 aliphatic carbocycles. The van der Waals surface area contributed by atoms with E-state index in [9.17, 15) is 0 Å². The summed E-state index contributed by atoms with van der Waals surface area (Å²) in [5.41, 5.74) is 8.72. The van der Waals surface area contributed by atoms with Crippen LogP contribution in [-0.2, 0) is 13.1 Å². The summed E-state index contributed by atoms with van der Waals surface area (Å²) in [4.78, 5) is 2.58. The molecule has 19 heavy (non-hydrogen) atoms. The normalized spacial score (nSPS) is 18.7. The van der Waals surface area contributed by atoms with Crippen LogP contribution in [0.3, 0.4) is 0 Å². The molecule has 2 N–H and O–H groups in total. The molecule has 1 heterocycles. The van der Waals surface area contributed by atoms with Gasteiger partial charge in [-0.1, -0.05) is 45.0 Å². The van der Waals surface area contributed by atoms with Gasteiger partial charge in [0.05, 0.1) is 0 Å². The molecule has 0 aromatic heterocycles. The Hall–Kier alpha value is -0.860. The van der Waals surface area contributed by atoms with Gasteiger partial charge in [-0.15, -0.1) is 0 Å². The third kappa shape index (κ3) is 4.05. The van der Waals surface area contributed by atoms with Gasteiger partial charge in [0.1, 0.15) is 0 Å². The van der Waals surface area contributed by atoms with Crippen molar-refractivity contribution >= 4 is 0 Å². The van der Waals surface area contributed by atoms with Crippen molar-refractivity contribution in [2.45, 2.75) is 46.7 Å². The van der Waals surface area contributed by atoms with Crippen molar-refractivity contribution in [2.24, 2.45) is 17.1 Å². The van der Waals surface area contributed by atoms with Crippen LogP contribution in [0.5, 0.6) is 0 Å². The predicted octanol–water partition coefficient (Wildman–Crippen LogP) is 3.40. The van der Waals surface area contributed by atoms with Gasteiger partial charge in [-0.05, 0) is 48.4 Å². The molecule has 2 nitrogen and oxygen atoms in total. The van der Waals surface area contributed by atoms with E-state index in [4.69, 9.17) is 5.73 Å². The second-order valence-electron chi connectivity index (χ2n) is 6.94. The molecule has 1 saturated heterocycles. The van der Waals surface area contributed by atoms with Crippen molar-refractivity contribution < 1.29 is 0 Å². The first-order valence-electron chi connectivity index (χ1n) is 7.49. The molecule has 2 rings (SSSR count). The van der Waals surface area contributed by atoms with Crippen molar-refractivity contribution in [2.75, 3.05) is 13.1 Å². The molecule has 0 radical (unpaired) electrons. The number of likely N-dealkylation sites (tertiary alicyclic amines) is 1. The fourth-order valence-electron chi connectivity index (χ4n) is 3.00. The first-order valence-corrected chi connectivity index (χ1v) is 7.49. The molecule has 0 bridgehead atoms. The number of hydrogen-bond donors (Lipinski definition) is 1. The minimum atomic E-state index is 0.467. The highest BCUT2D eigenvalue weighted by Gasteiger charge is 2.28. The Labute approximate surface area is 118 Å². The van der Waals surface area contributed by atoms with Gasteiger partial charge in [-0.3, -0.25) is 4.90 Å². The van der Waals surface area contributed by atoms with E-state index in [-0.39, 0.29) is 0 Å². The van der Waals surface area contributed by atoms with E-state index in [1.54, 1.807) is 0 Å². The monoisotopic (exact) mass is 260 g/mol. The Bertz CT molecular complexity index is 381. The van der Waals surface area contributed by atoms with E-state index in [1.807, 2.05) is 0 Å². The first kappa shape index (κ1) is 14.5. The van der Waals surface area contributed by atoms with Crippen LogP contribution in [-0.4, -0.2) is 18.0 Å². The second kappa shape index (κ2) is 6.06. The third-order valence-electron chi connectivity index (χ3n) is 4.48. The first-order chi connectivity index (χ1) is 8.99. The van der Waals surface area contributed by atoms with Gasteiger partial charge in [-0.25, -0.2) is 0 Å². The van der Waals surface area contributed by atoms with Gasteiger partial charge < -0.3 is 5.73 Å². The smallest absolute Gasteiger partial charge is 0.0233 e. The average molecular weight is 260 g/mol. The van der Waals surface area contributed by atoms with Crippen LogP contribution in [0.4, 0.5) is 0 Å². The summed E-state index contributed by atoms with van der Waals surface area (Å²) in [5.74, 6) is 0.878. The summed E-state index contributed by atoms with van der Waals surface area (Å²) in [5, 5.41) is 0. The van der Waals surface area contributed by atoms with Gasteiger partial charge in [0, 0.05) is 13.1 Å². The molecular formula is C17H28N2. The third-order valence-corrected chi connectivity index (χ3v) is 4.48. The van der Waals surface area contributed by atoms with E-state index in [1.165, 1.54) is 37.1 Å². The maximum absolute atomic E-state index is 5.63. The van der Waals surface area contributed by atoms with Crippen LogP contribution in [0.25, 0.3) is 0 Å². The van der Waals surface area contributed by atoms with Gasteiger partial charge in [0.25, 0.3) is 0 Å². The van der Waals surface area contributed by atoms with Crippen LogP contribution >= 0.6 is 0 Å². The Kier molecular flexibility index (Phi) is 4.64. The molecule has 2 heteroatoms. The number of benzene rings is 1. The number of rotatable bonds is 3. The lowest BCUT2D eigenvalue weighted by Gasteiger charge is -2.38. The lowest BCUT2D eigenvalue weighted by molar-refractivity contribution is 0.108. The molecule has 0 saturated carbocycles. The van der Waals surface area contributed by atoms with E-state index in [0.717, 1.165) is 12.5 Å². The molecule has 1 aromatic carbocycles. The minimum absolute atomic E-state index is 0.467. The SMILES string of the molecule is CC(C)(C)C1CCN(Cc2ccc(CN)cc2)CC1. The topological polar surface area (TPSA) is 29.3 Å². The summed E-state index contributed by atoms with van der Waals surface area (Å²) in [6.07, 6.45) is 2.68. The zero-order valence-corrected chi connectivity index (χ0v) is 12.7. The molecule has 0 unspecified atom stereocenters. The van der Waals surface area contributed by atoms with Crippen molar-refractivity contribution in [3.8, 4) is 0 Å². The van der Waals surface area contributed by atoms with E-state index in [0.29, 0.717) is 12.0 Å². The Morgan fingerprint density at radius 3 is 2.05 bits per heavy atom.